The van der Waals surface area contributed by atoms with E-state index in [9.17, 15) is 4.79 Å². The fraction of sp³-hybridized carbons (Fsp3) is 0.650. The van der Waals surface area contributed by atoms with Gasteiger partial charge in [0.2, 0.25) is 5.91 Å². The third-order valence-corrected chi connectivity index (χ3v) is 5.48. The highest BCUT2D eigenvalue weighted by Crippen LogP contribution is 2.21. The van der Waals surface area contributed by atoms with Gasteiger partial charge in [0.25, 0.3) is 0 Å². The number of hydrogen-bond acceptors (Lipinski definition) is 3. The number of ether oxygens (including phenoxy) is 1. The summed E-state index contributed by atoms with van der Waals surface area (Å²) in [4.78, 5) is 17.3. The summed E-state index contributed by atoms with van der Waals surface area (Å²) in [6.45, 7) is 7.63. The number of carbonyl (C=O) groups excluding carboxylic acids is 1. The van der Waals surface area contributed by atoms with Gasteiger partial charge in [0.15, 0.2) is 0 Å². The van der Waals surface area contributed by atoms with Gasteiger partial charge in [-0.25, -0.2) is 0 Å². The van der Waals surface area contributed by atoms with Crippen molar-refractivity contribution in [3.05, 3.63) is 35.9 Å². The Hall–Kier alpha value is -1.39. The van der Waals surface area contributed by atoms with E-state index in [1.165, 1.54) is 5.56 Å². The Balaban J connectivity index is 1.52. The molecule has 0 bridgehead atoms. The number of amides is 1. The maximum Gasteiger partial charge on any atom is 0.222 e. The van der Waals surface area contributed by atoms with Gasteiger partial charge >= 0.3 is 0 Å². The van der Waals surface area contributed by atoms with Crippen molar-refractivity contribution in [1.29, 1.82) is 0 Å². The monoisotopic (exact) mass is 330 g/mol. The molecular weight excluding hydrogens is 300 g/mol. The van der Waals surface area contributed by atoms with Crippen molar-refractivity contribution in [3.8, 4) is 0 Å². The van der Waals surface area contributed by atoms with Crippen LogP contribution in [-0.4, -0.2) is 54.6 Å². The van der Waals surface area contributed by atoms with Gasteiger partial charge in [-0.15, -0.1) is 0 Å². The Morgan fingerprint density at radius 3 is 2.58 bits per heavy atom. The molecule has 0 aliphatic carbocycles. The molecule has 0 N–H and O–H groups in total. The van der Waals surface area contributed by atoms with Crippen LogP contribution in [0.1, 0.15) is 38.2 Å². The summed E-state index contributed by atoms with van der Waals surface area (Å²) in [7, 11) is 0. The standard InChI is InChI=1S/C20H30N2O2/c1-17-7-10-21(20(23)15-18-8-13-24-14-9-18)11-12-22(17)16-19-5-3-2-4-6-19/h2-6,17-18H,7-16H2,1H3/t17-/m0/s1. The van der Waals surface area contributed by atoms with Crippen LogP contribution in [0.25, 0.3) is 0 Å². The van der Waals surface area contributed by atoms with Crippen molar-refractivity contribution in [2.24, 2.45) is 5.92 Å². The second kappa shape index (κ2) is 8.63. The van der Waals surface area contributed by atoms with Crippen molar-refractivity contribution in [2.45, 2.75) is 45.2 Å². The molecule has 0 saturated carbocycles. The zero-order chi connectivity index (χ0) is 16.8. The summed E-state index contributed by atoms with van der Waals surface area (Å²) in [5.41, 5.74) is 1.35. The molecule has 1 aromatic carbocycles. The van der Waals surface area contributed by atoms with Crippen LogP contribution >= 0.6 is 0 Å². The van der Waals surface area contributed by atoms with E-state index >= 15 is 0 Å². The lowest BCUT2D eigenvalue weighted by atomic mass is 9.96. The fourth-order valence-electron chi connectivity index (χ4n) is 3.74. The van der Waals surface area contributed by atoms with Gasteiger partial charge in [0.05, 0.1) is 0 Å². The molecule has 0 radical (unpaired) electrons. The van der Waals surface area contributed by atoms with Crippen LogP contribution in [0.5, 0.6) is 0 Å². The average molecular weight is 330 g/mol. The molecule has 132 valence electrons. The first-order chi connectivity index (χ1) is 11.7. The number of carbonyl (C=O) groups is 1. The first kappa shape index (κ1) is 17.4. The van der Waals surface area contributed by atoms with Crippen molar-refractivity contribution in [1.82, 2.24) is 9.80 Å². The van der Waals surface area contributed by atoms with E-state index in [-0.39, 0.29) is 0 Å². The van der Waals surface area contributed by atoms with Gasteiger partial charge in [0, 0.05) is 51.9 Å². The van der Waals surface area contributed by atoms with Gasteiger partial charge < -0.3 is 9.64 Å². The van der Waals surface area contributed by atoms with Gasteiger partial charge in [-0.2, -0.15) is 0 Å². The van der Waals surface area contributed by atoms with Crippen LogP contribution in [0.2, 0.25) is 0 Å². The Bertz CT molecular complexity index is 514. The highest BCUT2D eigenvalue weighted by Gasteiger charge is 2.26. The molecule has 2 saturated heterocycles. The highest BCUT2D eigenvalue weighted by molar-refractivity contribution is 5.76. The minimum Gasteiger partial charge on any atom is -0.381 e. The first-order valence-electron chi connectivity index (χ1n) is 9.36. The zero-order valence-electron chi connectivity index (χ0n) is 14.8. The first-order valence-corrected chi connectivity index (χ1v) is 9.36. The quantitative estimate of drug-likeness (QED) is 0.851. The molecule has 0 aromatic heterocycles. The minimum atomic E-state index is 0.343. The second-order valence-corrected chi connectivity index (χ2v) is 7.23. The maximum atomic E-state index is 12.7. The highest BCUT2D eigenvalue weighted by atomic mass is 16.5. The van der Waals surface area contributed by atoms with Crippen LogP contribution in [0.15, 0.2) is 30.3 Å². The van der Waals surface area contributed by atoms with E-state index < -0.39 is 0 Å². The number of benzene rings is 1. The van der Waals surface area contributed by atoms with Crippen molar-refractivity contribution in [2.75, 3.05) is 32.8 Å². The topological polar surface area (TPSA) is 32.8 Å². The molecular formula is C20H30N2O2. The number of hydrogen-bond donors (Lipinski definition) is 0. The van der Waals surface area contributed by atoms with Crippen LogP contribution in [0, 0.1) is 5.92 Å². The Morgan fingerprint density at radius 2 is 1.83 bits per heavy atom. The van der Waals surface area contributed by atoms with Crippen LogP contribution < -0.4 is 0 Å². The normalized spacial score (nSPS) is 23.9. The van der Waals surface area contributed by atoms with E-state index in [1.54, 1.807) is 0 Å². The fourth-order valence-corrected chi connectivity index (χ4v) is 3.74. The van der Waals surface area contributed by atoms with E-state index in [1.807, 2.05) is 0 Å². The molecule has 2 aliphatic heterocycles. The Labute approximate surface area is 145 Å². The lowest BCUT2D eigenvalue weighted by Gasteiger charge is -2.27. The van der Waals surface area contributed by atoms with Crippen molar-refractivity contribution >= 4 is 5.91 Å². The summed E-state index contributed by atoms with van der Waals surface area (Å²) in [6.07, 6.45) is 3.84. The molecule has 3 rings (SSSR count). The predicted octanol–water partition coefficient (Wildman–Crippen LogP) is 2.93. The SMILES string of the molecule is C[C@H]1CCN(C(=O)CC2CCOCC2)CCN1Cc1ccccc1. The lowest BCUT2D eigenvalue weighted by molar-refractivity contribution is -0.132. The smallest absolute Gasteiger partial charge is 0.222 e. The molecule has 1 atom stereocenters. The molecule has 24 heavy (non-hydrogen) atoms. The summed E-state index contributed by atoms with van der Waals surface area (Å²) in [5, 5.41) is 0. The summed E-state index contributed by atoms with van der Waals surface area (Å²) >= 11 is 0. The van der Waals surface area contributed by atoms with Gasteiger partial charge in [-0.1, -0.05) is 30.3 Å². The Kier molecular flexibility index (Phi) is 6.27. The van der Waals surface area contributed by atoms with Crippen molar-refractivity contribution < 1.29 is 9.53 Å². The molecule has 0 unspecified atom stereocenters. The van der Waals surface area contributed by atoms with E-state index in [2.05, 4.69) is 47.1 Å². The third-order valence-electron chi connectivity index (χ3n) is 5.48. The predicted molar refractivity (Wildman–Crippen MR) is 95.7 cm³/mol. The third kappa shape index (κ3) is 4.81. The summed E-state index contributed by atoms with van der Waals surface area (Å²) < 4.78 is 5.40. The van der Waals surface area contributed by atoms with E-state index in [4.69, 9.17) is 4.74 Å². The second-order valence-electron chi connectivity index (χ2n) is 7.23. The van der Waals surface area contributed by atoms with E-state index in [0.29, 0.717) is 24.3 Å². The molecule has 4 heteroatoms. The maximum absolute atomic E-state index is 12.7. The van der Waals surface area contributed by atoms with Crippen LogP contribution in [-0.2, 0) is 16.1 Å². The van der Waals surface area contributed by atoms with Gasteiger partial charge in [-0.3, -0.25) is 9.69 Å². The largest absolute Gasteiger partial charge is 0.381 e. The Morgan fingerprint density at radius 1 is 1.08 bits per heavy atom. The number of nitrogens with zero attached hydrogens (tertiary/aromatic N) is 2. The molecule has 4 nitrogen and oxygen atoms in total. The summed E-state index contributed by atoms with van der Waals surface area (Å²) in [5.74, 6) is 0.864. The van der Waals surface area contributed by atoms with Crippen molar-refractivity contribution in [3.63, 3.8) is 0 Å². The molecule has 2 aliphatic rings. The summed E-state index contributed by atoms with van der Waals surface area (Å²) in [6, 6.07) is 11.2. The zero-order valence-corrected chi connectivity index (χ0v) is 14.8. The molecule has 0 spiro atoms. The molecule has 2 fully saturated rings. The van der Waals surface area contributed by atoms with Gasteiger partial charge in [0.1, 0.15) is 0 Å². The van der Waals surface area contributed by atoms with Crippen LogP contribution in [0.4, 0.5) is 0 Å². The number of rotatable bonds is 4. The molecule has 1 aromatic rings. The molecule has 1 amide bonds. The lowest BCUT2D eigenvalue weighted by Crippen LogP contribution is -2.37. The average Bonchev–Trinajstić information content (AvgIpc) is 2.79. The van der Waals surface area contributed by atoms with E-state index in [0.717, 1.165) is 58.7 Å². The minimum absolute atomic E-state index is 0.343. The van der Waals surface area contributed by atoms with Gasteiger partial charge in [-0.05, 0) is 37.7 Å². The van der Waals surface area contributed by atoms with Crippen LogP contribution in [0.3, 0.4) is 0 Å². The molecule has 2 heterocycles.